The zero-order valence-electron chi connectivity index (χ0n) is 11.3. The highest BCUT2D eigenvalue weighted by atomic mass is 16.2. The number of aromatic nitrogens is 1. The van der Waals surface area contributed by atoms with E-state index >= 15 is 0 Å². The maximum atomic E-state index is 12.3. The Labute approximate surface area is 117 Å². The first-order chi connectivity index (χ1) is 9.65. The molecule has 0 radical (unpaired) electrons. The third-order valence-corrected chi connectivity index (χ3v) is 3.81. The van der Waals surface area contributed by atoms with Crippen molar-refractivity contribution in [1.82, 2.24) is 14.8 Å². The molecule has 0 atom stereocenters. The average Bonchev–Trinajstić information content (AvgIpc) is 3.31. The average molecular weight is 274 g/mol. The highest BCUT2D eigenvalue weighted by molar-refractivity contribution is 5.92. The predicted molar refractivity (Wildman–Crippen MR) is 73.9 cm³/mol. The summed E-state index contributed by atoms with van der Waals surface area (Å²) in [6.45, 7) is 2.39. The van der Waals surface area contributed by atoms with E-state index in [0.29, 0.717) is 37.6 Å². The highest BCUT2D eigenvalue weighted by Crippen LogP contribution is 2.31. The van der Waals surface area contributed by atoms with Crippen molar-refractivity contribution in [3.05, 3.63) is 24.0 Å². The van der Waals surface area contributed by atoms with Gasteiger partial charge in [-0.15, -0.1) is 0 Å². The second kappa shape index (κ2) is 5.11. The minimum atomic E-state index is -0.0940. The molecule has 1 aliphatic carbocycles. The number of rotatable bonds is 2. The van der Waals surface area contributed by atoms with Crippen LogP contribution in [-0.2, 0) is 4.79 Å². The third-order valence-electron chi connectivity index (χ3n) is 3.81. The fourth-order valence-electron chi connectivity index (χ4n) is 2.41. The molecule has 1 aromatic heterocycles. The van der Waals surface area contributed by atoms with E-state index < -0.39 is 0 Å². The number of carbonyl (C=O) groups is 2. The van der Waals surface area contributed by atoms with Crippen molar-refractivity contribution in [2.75, 3.05) is 31.9 Å². The molecule has 3 rings (SSSR count). The van der Waals surface area contributed by atoms with Crippen molar-refractivity contribution < 1.29 is 9.59 Å². The van der Waals surface area contributed by atoms with E-state index in [0.717, 1.165) is 12.8 Å². The highest BCUT2D eigenvalue weighted by Gasteiger charge is 2.35. The van der Waals surface area contributed by atoms with Gasteiger partial charge in [0.05, 0.1) is 11.9 Å². The van der Waals surface area contributed by atoms with Crippen molar-refractivity contribution in [1.29, 1.82) is 0 Å². The molecule has 2 amide bonds. The fraction of sp³-hybridized carbons (Fsp3) is 0.500. The Balaban J connectivity index is 1.58. The van der Waals surface area contributed by atoms with Gasteiger partial charge in [-0.25, -0.2) is 4.98 Å². The Morgan fingerprint density at radius 2 is 1.75 bits per heavy atom. The van der Waals surface area contributed by atoms with E-state index in [1.54, 1.807) is 17.0 Å². The van der Waals surface area contributed by atoms with E-state index in [2.05, 4.69) is 4.98 Å². The normalized spacial score (nSPS) is 19.0. The van der Waals surface area contributed by atoms with Crippen molar-refractivity contribution >= 4 is 17.5 Å². The zero-order chi connectivity index (χ0) is 14.1. The van der Waals surface area contributed by atoms with Gasteiger partial charge in [-0.1, -0.05) is 0 Å². The molecular weight excluding hydrogens is 256 g/mol. The monoisotopic (exact) mass is 274 g/mol. The maximum Gasteiger partial charge on any atom is 0.272 e. The molecule has 2 fully saturated rings. The van der Waals surface area contributed by atoms with E-state index in [1.165, 1.54) is 6.20 Å². The van der Waals surface area contributed by atoms with Crippen LogP contribution in [0.4, 0.5) is 5.69 Å². The summed E-state index contributed by atoms with van der Waals surface area (Å²) in [4.78, 5) is 31.9. The standard InChI is InChI=1S/C14H18N4O2/c15-11-3-4-12(16-9-11)14(20)18-7-5-17(6-8-18)13(19)10-1-2-10/h3-4,9-10H,1-2,5-8,15H2. The van der Waals surface area contributed by atoms with Gasteiger partial charge < -0.3 is 15.5 Å². The lowest BCUT2D eigenvalue weighted by Gasteiger charge is -2.34. The second-order valence-electron chi connectivity index (χ2n) is 5.37. The zero-order valence-corrected chi connectivity index (χ0v) is 11.3. The van der Waals surface area contributed by atoms with Crippen molar-refractivity contribution in [3.63, 3.8) is 0 Å². The van der Waals surface area contributed by atoms with Crippen molar-refractivity contribution in [2.24, 2.45) is 5.92 Å². The van der Waals surface area contributed by atoms with Crippen LogP contribution in [0.1, 0.15) is 23.3 Å². The van der Waals surface area contributed by atoms with Crippen molar-refractivity contribution in [3.8, 4) is 0 Å². The van der Waals surface area contributed by atoms with Crippen LogP contribution in [0.25, 0.3) is 0 Å². The fourth-order valence-corrected chi connectivity index (χ4v) is 2.41. The van der Waals surface area contributed by atoms with Gasteiger partial charge in [-0.2, -0.15) is 0 Å². The maximum absolute atomic E-state index is 12.3. The number of anilines is 1. The van der Waals surface area contributed by atoms with Gasteiger partial charge >= 0.3 is 0 Å². The summed E-state index contributed by atoms with van der Waals surface area (Å²) < 4.78 is 0. The molecule has 0 bridgehead atoms. The van der Waals surface area contributed by atoms with Crippen LogP contribution in [0.2, 0.25) is 0 Å². The SMILES string of the molecule is Nc1ccc(C(=O)N2CCN(C(=O)C3CC3)CC2)nc1. The Hall–Kier alpha value is -2.11. The summed E-state index contributed by atoms with van der Waals surface area (Å²) in [5, 5.41) is 0. The molecule has 1 aliphatic heterocycles. The number of nitrogens with zero attached hydrogens (tertiary/aromatic N) is 3. The molecule has 20 heavy (non-hydrogen) atoms. The first kappa shape index (κ1) is 12.9. The number of nitrogens with two attached hydrogens (primary N) is 1. The Morgan fingerprint density at radius 3 is 2.30 bits per heavy atom. The topological polar surface area (TPSA) is 79.5 Å². The smallest absolute Gasteiger partial charge is 0.272 e. The van der Waals surface area contributed by atoms with Crippen molar-refractivity contribution in [2.45, 2.75) is 12.8 Å². The number of carbonyl (C=O) groups excluding carboxylic acids is 2. The summed E-state index contributed by atoms with van der Waals surface area (Å²) in [6, 6.07) is 3.31. The number of piperazine rings is 1. The molecule has 1 saturated carbocycles. The number of pyridine rings is 1. The molecule has 2 N–H and O–H groups in total. The van der Waals surface area contributed by atoms with Gasteiger partial charge in [-0.05, 0) is 25.0 Å². The number of nitrogen functional groups attached to an aromatic ring is 1. The first-order valence-corrected chi connectivity index (χ1v) is 6.95. The molecule has 1 aromatic rings. The first-order valence-electron chi connectivity index (χ1n) is 6.95. The van der Waals surface area contributed by atoms with Gasteiger partial charge in [0.1, 0.15) is 5.69 Å². The Morgan fingerprint density at radius 1 is 1.10 bits per heavy atom. The summed E-state index contributed by atoms with van der Waals surface area (Å²) in [5.41, 5.74) is 6.51. The van der Waals surface area contributed by atoms with Gasteiger partial charge in [0.2, 0.25) is 5.91 Å². The molecule has 2 heterocycles. The van der Waals surface area contributed by atoms with Gasteiger partial charge in [0, 0.05) is 32.1 Å². The molecule has 106 valence electrons. The minimum absolute atomic E-state index is 0.0940. The van der Waals surface area contributed by atoms with Gasteiger partial charge in [0.25, 0.3) is 5.91 Å². The van der Waals surface area contributed by atoms with Crippen LogP contribution >= 0.6 is 0 Å². The molecule has 6 nitrogen and oxygen atoms in total. The molecule has 0 unspecified atom stereocenters. The van der Waals surface area contributed by atoms with Crippen LogP contribution in [0.3, 0.4) is 0 Å². The van der Waals surface area contributed by atoms with E-state index in [-0.39, 0.29) is 17.7 Å². The van der Waals surface area contributed by atoms with Gasteiger partial charge in [0.15, 0.2) is 0 Å². The molecule has 6 heteroatoms. The van der Waals surface area contributed by atoms with Crippen LogP contribution in [0.15, 0.2) is 18.3 Å². The van der Waals surface area contributed by atoms with Gasteiger partial charge in [-0.3, -0.25) is 9.59 Å². The Kier molecular flexibility index (Phi) is 3.30. The minimum Gasteiger partial charge on any atom is -0.397 e. The second-order valence-corrected chi connectivity index (χ2v) is 5.37. The molecule has 0 aromatic carbocycles. The van der Waals surface area contributed by atoms with Crippen LogP contribution in [0, 0.1) is 5.92 Å². The molecule has 2 aliphatic rings. The third kappa shape index (κ3) is 2.59. The summed E-state index contributed by atoms with van der Waals surface area (Å²) in [5.74, 6) is 0.405. The lowest BCUT2D eigenvalue weighted by molar-refractivity contribution is -0.134. The van der Waals surface area contributed by atoms with Crippen LogP contribution < -0.4 is 5.73 Å². The lowest BCUT2D eigenvalue weighted by atomic mass is 10.2. The summed E-state index contributed by atoms with van der Waals surface area (Å²) in [7, 11) is 0. The quantitative estimate of drug-likeness (QED) is 0.844. The van der Waals surface area contributed by atoms with E-state index in [1.807, 2.05) is 4.90 Å². The summed E-state index contributed by atoms with van der Waals surface area (Å²) in [6.07, 6.45) is 3.53. The predicted octanol–water partition coefficient (Wildman–Crippen LogP) is 0.358. The van der Waals surface area contributed by atoms with E-state index in [4.69, 9.17) is 5.73 Å². The Bertz CT molecular complexity index is 516. The largest absolute Gasteiger partial charge is 0.397 e. The number of amides is 2. The lowest BCUT2D eigenvalue weighted by Crippen LogP contribution is -2.51. The number of hydrogen-bond acceptors (Lipinski definition) is 4. The summed E-state index contributed by atoms with van der Waals surface area (Å²) >= 11 is 0. The number of hydrogen-bond donors (Lipinski definition) is 1. The molecule has 0 spiro atoms. The van der Waals surface area contributed by atoms with Crippen LogP contribution in [0.5, 0.6) is 0 Å². The van der Waals surface area contributed by atoms with Crippen LogP contribution in [-0.4, -0.2) is 52.8 Å². The molecular formula is C14H18N4O2. The van der Waals surface area contributed by atoms with E-state index in [9.17, 15) is 9.59 Å². The molecule has 1 saturated heterocycles.